The van der Waals surface area contributed by atoms with Gasteiger partial charge in [0.15, 0.2) is 11.5 Å². The van der Waals surface area contributed by atoms with Gasteiger partial charge in [-0.2, -0.15) is 0 Å². The Kier molecular flexibility index (Phi) is 7.25. The predicted molar refractivity (Wildman–Crippen MR) is 132 cm³/mol. The maximum atomic E-state index is 13.3. The number of thiophene rings is 1. The minimum absolute atomic E-state index is 0.164. The van der Waals surface area contributed by atoms with Crippen LogP contribution < -0.4 is 15.0 Å². The Morgan fingerprint density at radius 3 is 2.94 bits per heavy atom. The fourth-order valence-electron chi connectivity index (χ4n) is 3.91. The van der Waals surface area contributed by atoms with Crippen LogP contribution in [0.4, 0.5) is 4.39 Å². The van der Waals surface area contributed by atoms with Crippen molar-refractivity contribution in [2.75, 3.05) is 27.3 Å². The second-order valence-electron chi connectivity index (χ2n) is 8.10. The Bertz CT molecular complexity index is 1220. The van der Waals surface area contributed by atoms with E-state index in [9.17, 15) is 9.18 Å². The molecule has 3 aromatic rings. The zero-order valence-electron chi connectivity index (χ0n) is 18.9. The number of fused-ring (bicyclic) bond motifs is 1. The first-order valence-corrected chi connectivity index (χ1v) is 11.8. The Labute approximate surface area is 196 Å². The quantitative estimate of drug-likeness (QED) is 0.419. The number of alkyl halides is 1. The van der Waals surface area contributed by atoms with Crippen LogP contribution in [0.25, 0.3) is 22.0 Å². The molecule has 1 unspecified atom stereocenters. The van der Waals surface area contributed by atoms with Crippen LogP contribution in [0.1, 0.15) is 24.1 Å². The van der Waals surface area contributed by atoms with Crippen LogP contribution in [0.15, 0.2) is 54.1 Å². The molecule has 6 nitrogen and oxygen atoms in total. The molecule has 33 heavy (non-hydrogen) atoms. The Balaban J connectivity index is 1.56. The Morgan fingerprint density at radius 2 is 2.21 bits per heavy atom. The van der Waals surface area contributed by atoms with Gasteiger partial charge in [-0.1, -0.05) is 12.2 Å². The van der Waals surface area contributed by atoms with Gasteiger partial charge in [-0.25, -0.2) is 9.37 Å². The minimum atomic E-state index is -1.08. The number of rotatable bonds is 9. The van der Waals surface area contributed by atoms with Crippen LogP contribution in [0.5, 0.6) is 11.5 Å². The summed E-state index contributed by atoms with van der Waals surface area (Å²) in [7, 11) is 3.70. The molecule has 1 aliphatic rings. The molecule has 4 rings (SSSR count). The van der Waals surface area contributed by atoms with Gasteiger partial charge in [0.05, 0.1) is 18.3 Å². The molecule has 1 fully saturated rings. The SMILES string of the molecule is C=CC(F)C/C=C/c1cc2ncn(-c3ccc(OC[C@@H]4CCCN4C)c(OC)c3)c(=O)c2s1. The van der Waals surface area contributed by atoms with Gasteiger partial charge in [-0.15, -0.1) is 17.9 Å². The topological polar surface area (TPSA) is 56.6 Å². The standard InChI is InChI=1S/C25H28FN3O3S/c1-4-17(26)7-5-9-20-14-21-24(33-20)25(30)29(16-27-21)18-10-11-22(23(13-18)31-3)32-15-19-8-6-12-28(19)2/h4-5,9-11,13-14,16-17,19H,1,6-8,12,15H2,2-3H3/b9-5+/t17?,19-/m0/s1. The van der Waals surface area contributed by atoms with Crippen molar-refractivity contribution in [3.05, 3.63) is 64.6 Å². The summed E-state index contributed by atoms with van der Waals surface area (Å²) < 4.78 is 26.9. The van der Waals surface area contributed by atoms with Crippen molar-refractivity contribution in [3.8, 4) is 17.2 Å². The third kappa shape index (κ3) is 5.17. The molecule has 0 radical (unpaired) electrons. The fraction of sp³-hybridized carbons (Fsp3) is 0.360. The lowest BCUT2D eigenvalue weighted by Gasteiger charge is -2.20. The molecule has 8 heteroatoms. The molecule has 0 aliphatic carbocycles. The van der Waals surface area contributed by atoms with E-state index in [0.29, 0.717) is 40.1 Å². The van der Waals surface area contributed by atoms with Gasteiger partial charge in [-0.05, 0) is 50.7 Å². The summed E-state index contributed by atoms with van der Waals surface area (Å²) in [4.78, 5) is 20.7. The lowest BCUT2D eigenvalue weighted by Crippen LogP contribution is -2.30. The highest BCUT2D eigenvalue weighted by Crippen LogP contribution is 2.31. The van der Waals surface area contributed by atoms with E-state index in [1.54, 1.807) is 19.3 Å². The second kappa shape index (κ2) is 10.3. The van der Waals surface area contributed by atoms with Crippen LogP contribution in [-0.2, 0) is 0 Å². The molecular weight excluding hydrogens is 441 g/mol. The van der Waals surface area contributed by atoms with E-state index in [1.807, 2.05) is 24.3 Å². The monoisotopic (exact) mass is 469 g/mol. The van der Waals surface area contributed by atoms with Crippen molar-refractivity contribution in [1.29, 1.82) is 0 Å². The van der Waals surface area contributed by atoms with Crippen molar-refractivity contribution in [1.82, 2.24) is 14.5 Å². The summed E-state index contributed by atoms with van der Waals surface area (Å²) in [5.74, 6) is 1.22. The molecule has 1 saturated heterocycles. The van der Waals surface area contributed by atoms with E-state index in [-0.39, 0.29) is 12.0 Å². The highest BCUT2D eigenvalue weighted by Gasteiger charge is 2.22. The molecule has 0 saturated carbocycles. The molecule has 0 spiro atoms. The summed E-state index contributed by atoms with van der Waals surface area (Å²) in [6, 6.07) is 7.68. The first-order chi connectivity index (χ1) is 16.0. The molecule has 174 valence electrons. The Hall–Kier alpha value is -2.97. The molecule has 1 aromatic carbocycles. The van der Waals surface area contributed by atoms with Crippen LogP contribution in [0.3, 0.4) is 0 Å². The average molecular weight is 470 g/mol. The zero-order valence-corrected chi connectivity index (χ0v) is 19.7. The summed E-state index contributed by atoms with van der Waals surface area (Å²) in [5.41, 5.74) is 1.10. The van der Waals surface area contributed by atoms with Crippen LogP contribution >= 0.6 is 11.3 Å². The highest BCUT2D eigenvalue weighted by atomic mass is 32.1. The van der Waals surface area contributed by atoms with Crippen molar-refractivity contribution < 1.29 is 13.9 Å². The largest absolute Gasteiger partial charge is 0.493 e. The van der Waals surface area contributed by atoms with Gasteiger partial charge < -0.3 is 14.4 Å². The molecule has 0 amide bonds. The molecular formula is C25H28FN3O3S. The number of likely N-dealkylation sites (N-methyl/N-ethyl adjacent to an activating group) is 1. The van der Waals surface area contributed by atoms with Crippen molar-refractivity contribution >= 4 is 27.6 Å². The van der Waals surface area contributed by atoms with Crippen molar-refractivity contribution in [3.63, 3.8) is 0 Å². The number of nitrogens with zero attached hydrogens (tertiary/aromatic N) is 3. The first kappa shape index (κ1) is 23.2. The smallest absolute Gasteiger partial charge is 0.275 e. The van der Waals surface area contributed by atoms with E-state index in [2.05, 4.69) is 23.5 Å². The third-order valence-corrected chi connectivity index (χ3v) is 6.96. The summed E-state index contributed by atoms with van der Waals surface area (Å²) in [6.07, 6.45) is 7.82. The zero-order chi connectivity index (χ0) is 23.4. The van der Waals surface area contributed by atoms with E-state index in [0.717, 1.165) is 17.8 Å². The first-order valence-electron chi connectivity index (χ1n) is 11.0. The number of likely N-dealkylation sites (tertiary alicyclic amines) is 1. The highest BCUT2D eigenvalue weighted by molar-refractivity contribution is 7.19. The summed E-state index contributed by atoms with van der Waals surface area (Å²) in [5, 5.41) is 0. The molecule has 2 aromatic heterocycles. The predicted octanol–water partition coefficient (Wildman–Crippen LogP) is 4.86. The van der Waals surface area contributed by atoms with E-state index in [4.69, 9.17) is 9.47 Å². The van der Waals surface area contributed by atoms with Gasteiger partial charge in [0, 0.05) is 23.4 Å². The molecule has 3 heterocycles. The van der Waals surface area contributed by atoms with E-state index >= 15 is 0 Å². The number of allylic oxidation sites excluding steroid dienone is 2. The van der Waals surface area contributed by atoms with Gasteiger partial charge in [0.25, 0.3) is 5.56 Å². The molecule has 0 bridgehead atoms. The second-order valence-corrected chi connectivity index (χ2v) is 9.18. The van der Waals surface area contributed by atoms with Crippen LogP contribution in [-0.4, -0.2) is 54.0 Å². The average Bonchev–Trinajstić information content (AvgIpc) is 3.43. The molecule has 2 atom stereocenters. The third-order valence-electron chi connectivity index (χ3n) is 5.88. The summed E-state index contributed by atoms with van der Waals surface area (Å²) in [6.45, 7) is 5.13. The van der Waals surface area contributed by atoms with Crippen molar-refractivity contribution in [2.45, 2.75) is 31.5 Å². The lowest BCUT2D eigenvalue weighted by atomic mass is 10.2. The number of hydrogen-bond acceptors (Lipinski definition) is 6. The van der Waals surface area contributed by atoms with Gasteiger partial charge >= 0.3 is 0 Å². The number of aromatic nitrogens is 2. The number of hydrogen-bond donors (Lipinski definition) is 0. The molecule has 0 N–H and O–H groups in total. The number of benzene rings is 1. The van der Waals surface area contributed by atoms with Crippen LogP contribution in [0, 0.1) is 0 Å². The minimum Gasteiger partial charge on any atom is -0.493 e. The normalized spacial score (nSPS) is 17.6. The van der Waals surface area contributed by atoms with Crippen molar-refractivity contribution in [2.24, 2.45) is 0 Å². The number of ether oxygens (including phenoxy) is 2. The van der Waals surface area contributed by atoms with E-state index < -0.39 is 6.17 Å². The van der Waals surface area contributed by atoms with Gasteiger partial charge in [0.2, 0.25) is 0 Å². The van der Waals surface area contributed by atoms with E-state index in [1.165, 1.54) is 34.7 Å². The maximum Gasteiger partial charge on any atom is 0.275 e. The number of methoxy groups -OCH3 is 1. The number of halogens is 1. The summed E-state index contributed by atoms with van der Waals surface area (Å²) >= 11 is 1.34. The molecule has 1 aliphatic heterocycles. The van der Waals surface area contributed by atoms with Gasteiger partial charge in [-0.3, -0.25) is 9.36 Å². The maximum absolute atomic E-state index is 13.3. The van der Waals surface area contributed by atoms with Gasteiger partial charge in [0.1, 0.15) is 23.8 Å². The van der Waals surface area contributed by atoms with Crippen LogP contribution in [0.2, 0.25) is 0 Å². The fourth-order valence-corrected chi connectivity index (χ4v) is 4.88. The lowest BCUT2D eigenvalue weighted by molar-refractivity contribution is 0.193. The Morgan fingerprint density at radius 1 is 1.36 bits per heavy atom.